The molecule has 21 heavy (non-hydrogen) atoms. The molecule has 0 spiro atoms. The summed E-state index contributed by atoms with van der Waals surface area (Å²) in [7, 11) is 0. The summed E-state index contributed by atoms with van der Waals surface area (Å²) in [6.07, 6.45) is 1.69. The third-order valence-electron chi connectivity index (χ3n) is 3.70. The first kappa shape index (κ1) is 15.8. The molecule has 2 rings (SSSR count). The van der Waals surface area contributed by atoms with Crippen molar-refractivity contribution in [2.24, 2.45) is 5.92 Å². The van der Waals surface area contributed by atoms with Crippen molar-refractivity contribution in [1.82, 2.24) is 4.90 Å². The Labute approximate surface area is 124 Å². The first-order valence-electron chi connectivity index (χ1n) is 7.46. The number of carbonyl (C=O) groups excluding carboxylic acids is 1. The second-order valence-electron chi connectivity index (χ2n) is 5.17. The van der Waals surface area contributed by atoms with Crippen molar-refractivity contribution in [3.63, 3.8) is 0 Å². The SMILES string of the molecule is CCOC(=O)C1CCN(CCOc2ccc(F)cc2)CC1. The smallest absolute Gasteiger partial charge is 0.309 e. The van der Waals surface area contributed by atoms with E-state index in [9.17, 15) is 9.18 Å². The van der Waals surface area contributed by atoms with Gasteiger partial charge in [-0.05, 0) is 57.1 Å². The van der Waals surface area contributed by atoms with Crippen molar-refractivity contribution >= 4 is 5.97 Å². The summed E-state index contributed by atoms with van der Waals surface area (Å²) >= 11 is 0. The quantitative estimate of drug-likeness (QED) is 0.756. The van der Waals surface area contributed by atoms with Crippen LogP contribution in [0.4, 0.5) is 4.39 Å². The zero-order valence-electron chi connectivity index (χ0n) is 12.4. The zero-order valence-corrected chi connectivity index (χ0v) is 12.4. The van der Waals surface area contributed by atoms with Gasteiger partial charge in [-0.1, -0.05) is 0 Å². The number of rotatable bonds is 6. The van der Waals surface area contributed by atoms with E-state index < -0.39 is 0 Å². The third kappa shape index (κ3) is 5.01. The van der Waals surface area contributed by atoms with E-state index in [0.717, 1.165) is 32.5 Å². The van der Waals surface area contributed by atoms with Crippen LogP contribution in [0.2, 0.25) is 0 Å². The molecule has 1 aromatic carbocycles. The predicted octanol–water partition coefficient (Wildman–Crippen LogP) is 2.48. The lowest BCUT2D eigenvalue weighted by Gasteiger charge is -2.30. The maximum absolute atomic E-state index is 12.8. The Morgan fingerprint density at radius 2 is 1.95 bits per heavy atom. The molecule has 1 fully saturated rings. The van der Waals surface area contributed by atoms with Gasteiger partial charge in [0.1, 0.15) is 18.2 Å². The van der Waals surface area contributed by atoms with Crippen LogP contribution in [0, 0.1) is 11.7 Å². The number of piperidine rings is 1. The van der Waals surface area contributed by atoms with E-state index in [1.54, 1.807) is 12.1 Å². The third-order valence-corrected chi connectivity index (χ3v) is 3.70. The molecule has 1 saturated heterocycles. The van der Waals surface area contributed by atoms with Gasteiger partial charge < -0.3 is 9.47 Å². The molecule has 1 heterocycles. The van der Waals surface area contributed by atoms with E-state index in [1.807, 2.05) is 6.92 Å². The van der Waals surface area contributed by atoms with Crippen molar-refractivity contribution in [2.75, 3.05) is 32.8 Å². The summed E-state index contributed by atoms with van der Waals surface area (Å²) in [6, 6.07) is 6.03. The number of benzene rings is 1. The molecule has 1 aliphatic heterocycles. The Bertz CT molecular complexity index is 441. The standard InChI is InChI=1S/C16H22FNO3/c1-2-20-16(19)13-7-9-18(10-8-13)11-12-21-15-5-3-14(17)4-6-15/h3-6,13H,2,7-12H2,1H3. The highest BCUT2D eigenvalue weighted by molar-refractivity contribution is 5.72. The van der Waals surface area contributed by atoms with Gasteiger partial charge in [0.15, 0.2) is 0 Å². The van der Waals surface area contributed by atoms with Crippen LogP contribution in [-0.4, -0.2) is 43.7 Å². The normalized spacial score (nSPS) is 16.7. The van der Waals surface area contributed by atoms with E-state index >= 15 is 0 Å². The maximum atomic E-state index is 12.8. The van der Waals surface area contributed by atoms with Gasteiger partial charge in [-0.25, -0.2) is 4.39 Å². The van der Waals surface area contributed by atoms with E-state index in [-0.39, 0.29) is 17.7 Å². The Kier molecular flexibility index (Phi) is 5.99. The Balaban J connectivity index is 1.65. The number of nitrogens with zero attached hydrogens (tertiary/aromatic N) is 1. The zero-order chi connectivity index (χ0) is 15.1. The van der Waals surface area contributed by atoms with Gasteiger partial charge in [-0.2, -0.15) is 0 Å². The van der Waals surface area contributed by atoms with Gasteiger partial charge in [0.05, 0.1) is 12.5 Å². The van der Waals surface area contributed by atoms with Crippen molar-refractivity contribution in [3.05, 3.63) is 30.1 Å². The summed E-state index contributed by atoms with van der Waals surface area (Å²) in [5.41, 5.74) is 0. The molecule has 0 unspecified atom stereocenters. The van der Waals surface area contributed by atoms with Crippen molar-refractivity contribution in [3.8, 4) is 5.75 Å². The molecule has 116 valence electrons. The minimum atomic E-state index is -0.261. The molecule has 0 radical (unpaired) electrons. The highest BCUT2D eigenvalue weighted by Gasteiger charge is 2.25. The average Bonchev–Trinajstić information content (AvgIpc) is 2.50. The van der Waals surface area contributed by atoms with Crippen LogP contribution in [0.3, 0.4) is 0 Å². The maximum Gasteiger partial charge on any atom is 0.309 e. The van der Waals surface area contributed by atoms with Crippen LogP contribution >= 0.6 is 0 Å². The van der Waals surface area contributed by atoms with E-state index in [0.29, 0.717) is 19.0 Å². The molecule has 0 amide bonds. The average molecular weight is 295 g/mol. The molecule has 4 nitrogen and oxygen atoms in total. The summed E-state index contributed by atoms with van der Waals surface area (Å²) in [4.78, 5) is 13.9. The van der Waals surface area contributed by atoms with Gasteiger partial charge in [0, 0.05) is 6.54 Å². The number of hydrogen-bond acceptors (Lipinski definition) is 4. The molecule has 0 saturated carbocycles. The molecule has 0 atom stereocenters. The second kappa shape index (κ2) is 7.98. The minimum Gasteiger partial charge on any atom is -0.492 e. The van der Waals surface area contributed by atoms with Crippen molar-refractivity contribution in [1.29, 1.82) is 0 Å². The lowest BCUT2D eigenvalue weighted by Crippen LogP contribution is -2.39. The first-order valence-corrected chi connectivity index (χ1v) is 7.46. The largest absolute Gasteiger partial charge is 0.492 e. The summed E-state index contributed by atoms with van der Waals surface area (Å²) in [5.74, 6) is 0.389. The molecule has 0 aliphatic carbocycles. The van der Waals surface area contributed by atoms with Gasteiger partial charge in [-0.15, -0.1) is 0 Å². The van der Waals surface area contributed by atoms with Crippen LogP contribution in [0.5, 0.6) is 5.75 Å². The van der Waals surface area contributed by atoms with Crippen LogP contribution in [0.1, 0.15) is 19.8 Å². The number of hydrogen-bond donors (Lipinski definition) is 0. The van der Waals surface area contributed by atoms with Crippen LogP contribution in [-0.2, 0) is 9.53 Å². The Hall–Kier alpha value is -1.62. The summed E-state index contributed by atoms with van der Waals surface area (Å²) in [5, 5.41) is 0. The van der Waals surface area contributed by atoms with Crippen molar-refractivity contribution in [2.45, 2.75) is 19.8 Å². The highest BCUT2D eigenvalue weighted by Crippen LogP contribution is 2.18. The molecular weight excluding hydrogens is 273 g/mol. The van der Waals surface area contributed by atoms with E-state index in [4.69, 9.17) is 9.47 Å². The van der Waals surface area contributed by atoms with Crippen LogP contribution < -0.4 is 4.74 Å². The first-order chi connectivity index (χ1) is 10.2. The second-order valence-corrected chi connectivity index (χ2v) is 5.17. The van der Waals surface area contributed by atoms with Gasteiger partial charge in [-0.3, -0.25) is 9.69 Å². The molecular formula is C16H22FNO3. The number of ether oxygens (including phenoxy) is 2. The fourth-order valence-electron chi connectivity index (χ4n) is 2.48. The number of carbonyl (C=O) groups is 1. The van der Waals surface area contributed by atoms with Crippen LogP contribution in [0.15, 0.2) is 24.3 Å². The van der Waals surface area contributed by atoms with Gasteiger partial charge >= 0.3 is 5.97 Å². The topological polar surface area (TPSA) is 38.8 Å². The monoisotopic (exact) mass is 295 g/mol. The van der Waals surface area contributed by atoms with Gasteiger partial charge in [0.25, 0.3) is 0 Å². The van der Waals surface area contributed by atoms with Gasteiger partial charge in [0.2, 0.25) is 0 Å². The highest BCUT2D eigenvalue weighted by atomic mass is 19.1. The fraction of sp³-hybridized carbons (Fsp3) is 0.562. The van der Waals surface area contributed by atoms with Crippen LogP contribution in [0.25, 0.3) is 0 Å². The molecule has 0 bridgehead atoms. The molecule has 0 N–H and O–H groups in total. The number of likely N-dealkylation sites (tertiary alicyclic amines) is 1. The lowest BCUT2D eigenvalue weighted by atomic mass is 9.97. The number of halogens is 1. The predicted molar refractivity (Wildman–Crippen MR) is 77.7 cm³/mol. The summed E-state index contributed by atoms with van der Waals surface area (Å²) in [6.45, 7) is 5.43. The van der Waals surface area contributed by atoms with E-state index in [2.05, 4.69) is 4.90 Å². The Morgan fingerprint density at radius 1 is 1.29 bits per heavy atom. The lowest BCUT2D eigenvalue weighted by molar-refractivity contribution is -0.149. The summed E-state index contributed by atoms with van der Waals surface area (Å²) < 4.78 is 23.4. The molecule has 1 aliphatic rings. The fourth-order valence-corrected chi connectivity index (χ4v) is 2.48. The number of esters is 1. The minimum absolute atomic E-state index is 0.0409. The van der Waals surface area contributed by atoms with E-state index in [1.165, 1.54) is 12.1 Å². The molecule has 0 aromatic heterocycles. The Morgan fingerprint density at radius 3 is 2.57 bits per heavy atom. The van der Waals surface area contributed by atoms with Crippen molar-refractivity contribution < 1.29 is 18.7 Å². The molecule has 1 aromatic rings. The molecule has 5 heteroatoms.